The van der Waals surface area contributed by atoms with E-state index in [9.17, 15) is 0 Å². The van der Waals surface area contributed by atoms with Crippen LogP contribution >= 0.6 is 43.2 Å². The number of thiophene rings is 1. The topological polar surface area (TPSA) is 26.0 Å². The molecule has 0 spiro atoms. The summed E-state index contributed by atoms with van der Waals surface area (Å²) in [6.45, 7) is 4.18. The van der Waals surface area contributed by atoms with Crippen molar-refractivity contribution in [3.63, 3.8) is 0 Å². The fourth-order valence-electron chi connectivity index (χ4n) is 1.82. The molecule has 2 aromatic rings. The largest absolute Gasteiger partial charge is 0.320 e. The van der Waals surface area contributed by atoms with Crippen LogP contribution in [0.2, 0.25) is 0 Å². The van der Waals surface area contributed by atoms with Crippen LogP contribution in [-0.4, -0.2) is 0 Å². The van der Waals surface area contributed by atoms with Crippen LogP contribution in [0, 0.1) is 13.8 Å². The molecule has 1 unspecified atom stereocenters. The molecule has 0 bridgehead atoms. The van der Waals surface area contributed by atoms with Gasteiger partial charge in [-0.15, -0.1) is 11.3 Å². The van der Waals surface area contributed by atoms with E-state index in [4.69, 9.17) is 5.73 Å². The molecule has 17 heavy (non-hydrogen) atoms. The summed E-state index contributed by atoms with van der Waals surface area (Å²) in [5.74, 6) is 0. The van der Waals surface area contributed by atoms with Gasteiger partial charge in [0.15, 0.2) is 0 Å². The highest BCUT2D eigenvalue weighted by Gasteiger charge is 2.16. The van der Waals surface area contributed by atoms with Crippen LogP contribution in [0.1, 0.15) is 27.6 Å². The third kappa shape index (κ3) is 2.81. The van der Waals surface area contributed by atoms with Crippen LogP contribution in [0.25, 0.3) is 0 Å². The summed E-state index contributed by atoms with van der Waals surface area (Å²) in [5, 5.41) is 0. The fraction of sp³-hybridized carbons (Fsp3) is 0.231. The Balaban J connectivity index is 2.43. The van der Waals surface area contributed by atoms with E-state index in [1.807, 2.05) is 0 Å². The van der Waals surface area contributed by atoms with Crippen LogP contribution in [0.15, 0.2) is 32.5 Å². The van der Waals surface area contributed by atoms with E-state index in [1.54, 1.807) is 11.3 Å². The van der Waals surface area contributed by atoms with Crippen molar-refractivity contribution in [3.8, 4) is 0 Å². The van der Waals surface area contributed by atoms with Crippen molar-refractivity contribution in [2.75, 3.05) is 0 Å². The molecule has 90 valence electrons. The normalized spacial score (nSPS) is 12.8. The molecule has 0 amide bonds. The Hall–Kier alpha value is -0.160. The van der Waals surface area contributed by atoms with E-state index in [1.165, 1.54) is 16.0 Å². The standard InChI is InChI=1S/C13H13Br2NS/c1-7-3-4-9(11(14)5-7)13(16)10-6-12(15)17-8(10)2/h3-6,13H,16H2,1-2H3. The average molecular weight is 375 g/mol. The number of hydrogen-bond acceptors (Lipinski definition) is 2. The van der Waals surface area contributed by atoms with Crippen molar-refractivity contribution in [2.45, 2.75) is 19.9 Å². The van der Waals surface area contributed by atoms with Gasteiger partial charge in [-0.3, -0.25) is 0 Å². The molecule has 1 nitrogen and oxygen atoms in total. The Morgan fingerprint density at radius 3 is 2.35 bits per heavy atom. The number of aryl methyl sites for hydroxylation is 2. The summed E-state index contributed by atoms with van der Waals surface area (Å²) >= 11 is 8.82. The van der Waals surface area contributed by atoms with Gasteiger partial charge in [0, 0.05) is 9.35 Å². The maximum Gasteiger partial charge on any atom is 0.0704 e. The summed E-state index contributed by atoms with van der Waals surface area (Å²) in [6.07, 6.45) is 0. The van der Waals surface area contributed by atoms with Crippen LogP contribution in [0.5, 0.6) is 0 Å². The molecule has 0 aliphatic heterocycles. The Morgan fingerprint density at radius 1 is 1.12 bits per heavy atom. The lowest BCUT2D eigenvalue weighted by Gasteiger charge is -2.14. The molecule has 1 aromatic heterocycles. The lowest BCUT2D eigenvalue weighted by molar-refractivity contribution is 0.862. The van der Waals surface area contributed by atoms with Gasteiger partial charge in [-0.1, -0.05) is 28.1 Å². The number of halogens is 2. The SMILES string of the molecule is Cc1ccc(C(N)c2cc(Br)sc2C)c(Br)c1. The second-order valence-corrected chi connectivity index (χ2v) is 7.55. The number of benzene rings is 1. The van der Waals surface area contributed by atoms with E-state index >= 15 is 0 Å². The second kappa shape index (κ2) is 5.22. The molecule has 2 N–H and O–H groups in total. The summed E-state index contributed by atoms with van der Waals surface area (Å²) in [4.78, 5) is 1.26. The van der Waals surface area contributed by atoms with E-state index < -0.39 is 0 Å². The fourth-order valence-corrected chi connectivity index (χ4v) is 4.32. The molecule has 0 fully saturated rings. The summed E-state index contributed by atoms with van der Waals surface area (Å²) in [7, 11) is 0. The van der Waals surface area contributed by atoms with Crippen LogP contribution in [0.3, 0.4) is 0 Å². The Bertz CT molecular complexity index is 548. The predicted molar refractivity (Wildman–Crippen MR) is 81.7 cm³/mol. The van der Waals surface area contributed by atoms with Crippen molar-refractivity contribution in [2.24, 2.45) is 5.73 Å². The molecular weight excluding hydrogens is 362 g/mol. The monoisotopic (exact) mass is 373 g/mol. The highest BCUT2D eigenvalue weighted by atomic mass is 79.9. The first kappa shape index (κ1) is 13.3. The van der Waals surface area contributed by atoms with E-state index in [-0.39, 0.29) is 6.04 Å². The average Bonchev–Trinajstić information content (AvgIpc) is 2.57. The number of hydrogen-bond donors (Lipinski definition) is 1. The number of rotatable bonds is 2. The van der Waals surface area contributed by atoms with Gasteiger partial charge in [0.25, 0.3) is 0 Å². The highest BCUT2D eigenvalue weighted by Crippen LogP contribution is 2.34. The van der Waals surface area contributed by atoms with Crippen LogP contribution in [0.4, 0.5) is 0 Å². The van der Waals surface area contributed by atoms with Gasteiger partial charge in [0.1, 0.15) is 0 Å². The van der Waals surface area contributed by atoms with Crippen molar-refractivity contribution >= 4 is 43.2 Å². The zero-order chi connectivity index (χ0) is 12.6. The van der Waals surface area contributed by atoms with E-state index in [2.05, 4.69) is 70.0 Å². The van der Waals surface area contributed by atoms with Gasteiger partial charge in [-0.2, -0.15) is 0 Å². The summed E-state index contributed by atoms with van der Waals surface area (Å²) in [5.41, 5.74) is 9.88. The molecule has 2 rings (SSSR count). The molecule has 4 heteroatoms. The molecule has 1 heterocycles. The lowest BCUT2D eigenvalue weighted by Crippen LogP contribution is -2.12. The first-order valence-corrected chi connectivity index (χ1v) is 7.66. The predicted octanol–water partition coefficient (Wildman–Crippen LogP) is 4.94. The molecule has 1 atom stereocenters. The maximum absolute atomic E-state index is 6.34. The molecular formula is C13H13Br2NS. The zero-order valence-corrected chi connectivity index (χ0v) is 13.6. The third-order valence-corrected chi connectivity index (χ3v) is 5.01. The third-order valence-electron chi connectivity index (χ3n) is 2.75. The van der Waals surface area contributed by atoms with Gasteiger partial charge in [0.2, 0.25) is 0 Å². The number of nitrogens with two attached hydrogens (primary N) is 1. The van der Waals surface area contributed by atoms with Gasteiger partial charge in [-0.05, 0) is 58.6 Å². The summed E-state index contributed by atoms with van der Waals surface area (Å²) < 4.78 is 2.20. The minimum Gasteiger partial charge on any atom is -0.320 e. The highest BCUT2D eigenvalue weighted by molar-refractivity contribution is 9.11. The minimum absolute atomic E-state index is 0.0764. The van der Waals surface area contributed by atoms with Crippen molar-refractivity contribution in [3.05, 3.63) is 54.1 Å². The molecule has 0 saturated heterocycles. The Labute approximate surface area is 122 Å². The van der Waals surface area contributed by atoms with Gasteiger partial charge < -0.3 is 5.73 Å². The molecule has 0 aliphatic carbocycles. The Kier molecular flexibility index (Phi) is 4.08. The smallest absolute Gasteiger partial charge is 0.0704 e. The first-order valence-electron chi connectivity index (χ1n) is 5.26. The van der Waals surface area contributed by atoms with Crippen LogP contribution < -0.4 is 5.73 Å². The molecule has 0 saturated carbocycles. The van der Waals surface area contributed by atoms with Gasteiger partial charge in [0.05, 0.1) is 9.83 Å². The zero-order valence-electron chi connectivity index (χ0n) is 9.63. The molecule has 0 aliphatic rings. The second-order valence-electron chi connectivity index (χ2n) is 4.06. The lowest BCUT2D eigenvalue weighted by atomic mass is 9.99. The minimum atomic E-state index is -0.0764. The van der Waals surface area contributed by atoms with Gasteiger partial charge in [-0.25, -0.2) is 0 Å². The Morgan fingerprint density at radius 2 is 1.82 bits per heavy atom. The van der Waals surface area contributed by atoms with Crippen molar-refractivity contribution in [1.82, 2.24) is 0 Å². The van der Waals surface area contributed by atoms with Crippen LogP contribution in [-0.2, 0) is 0 Å². The van der Waals surface area contributed by atoms with Crippen molar-refractivity contribution < 1.29 is 0 Å². The molecule has 1 aromatic carbocycles. The molecule has 0 radical (unpaired) electrons. The van der Waals surface area contributed by atoms with E-state index in [0.29, 0.717) is 0 Å². The summed E-state index contributed by atoms with van der Waals surface area (Å²) in [6, 6.07) is 8.32. The quantitative estimate of drug-likeness (QED) is 0.791. The van der Waals surface area contributed by atoms with Crippen molar-refractivity contribution in [1.29, 1.82) is 0 Å². The maximum atomic E-state index is 6.34. The van der Waals surface area contributed by atoms with Gasteiger partial charge >= 0.3 is 0 Å². The first-order chi connectivity index (χ1) is 7.99. The van der Waals surface area contributed by atoms with E-state index in [0.717, 1.165) is 13.8 Å².